The van der Waals surface area contributed by atoms with Gasteiger partial charge in [0.25, 0.3) is 5.91 Å². The summed E-state index contributed by atoms with van der Waals surface area (Å²) in [6.45, 7) is 3.52. The zero-order valence-electron chi connectivity index (χ0n) is 14.5. The number of likely N-dealkylation sites (N-methyl/N-ethyl adjacent to an activating group) is 1. The predicted octanol–water partition coefficient (Wildman–Crippen LogP) is 3.51. The van der Waals surface area contributed by atoms with Crippen molar-refractivity contribution >= 4 is 29.1 Å². The number of ether oxygens (including phenoxy) is 1. The highest BCUT2D eigenvalue weighted by atomic mass is 35.5. The van der Waals surface area contributed by atoms with Crippen LogP contribution < -0.4 is 10.1 Å². The predicted molar refractivity (Wildman–Crippen MR) is 99.0 cm³/mol. The molecule has 6 heteroatoms. The molecule has 0 saturated heterocycles. The Balaban J connectivity index is 1.90. The molecule has 25 heavy (non-hydrogen) atoms. The van der Waals surface area contributed by atoms with E-state index in [-0.39, 0.29) is 18.4 Å². The largest absolute Gasteiger partial charge is 0.481 e. The summed E-state index contributed by atoms with van der Waals surface area (Å²) in [7, 11) is 1.56. The monoisotopic (exact) mass is 360 g/mol. The number of para-hydroxylation sites is 1. The summed E-state index contributed by atoms with van der Waals surface area (Å²) in [4.78, 5) is 25.8. The fourth-order valence-electron chi connectivity index (χ4n) is 2.30. The molecule has 0 unspecified atom stereocenters. The Labute approximate surface area is 152 Å². The van der Waals surface area contributed by atoms with Crippen LogP contribution in [0.5, 0.6) is 5.75 Å². The third-order valence-corrected chi connectivity index (χ3v) is 3.88. The molecular formula is C19H21ClN2O3. The maximum absolute atomic E-state index is 12.4. The van der Waals surface area contributed by atoms with Gasteiger partial charge in [-0.15, -0.1) is 0 Å². The fourth-order valence-corrected chi connectivity index (χ4v) is 2.48. The molecule has 0 saturated carbocycles. The van der Waals surface area contributed by atoms with Gasteiger partial charge in [-0.1, -0.05) is 35.9 Å². The molecule has 0 bridgehead atoms. The molecule has 132 valence electrons. The zero-order valence-corrected chi connectivity index (χ0v) is 15.2. The number of benzene rings is 2. The van der Waals surface area contributed by atoms with Crippen molar-refractivity contribution in [2.75, 3.05) is 18.9 Å². The molecule has 2 aromatic carbocycles. The number of amides is 2. The smallest absolute Gasteiger partial charge is 0.263 e. The van der Waals surface area contributed by atoms with Gasteiger partial charge in [0.05, 0.1) is 17.3 Å². The van der Waals surface area contributed by atoms with Crippen LogP contribution >= 0.6 is 11.6 Å². The zero-order chi connectivity index (χ0) is 18.4. The van der Waals surface area contributed by atoms with Crippen LogP contribution in [-0.4, -0.2) is 36.4 Å². The van der Waals surface area contributed by atoms with Crippen LogP contribution in [0.25, 0.3) is 0 Å². The third kappa shape index (κ3) is 5.50. The Bertz CT molecular complexity index is 764. The molecule has 1 atom stereocenters. The van der Waals surface area contributed by atoms with Gasteiger partial charge in [0.1, 0.15) is 5.75 Å². The Hall–Kier alpha value is -2.53. The standard InChI is InChI=1S/C19H21ClN2O3/c1-13-7-6-8-15(11-13)25-14(2)19(24)22(3)12-18(23)21-17-10-5-4-9-16(17)20/h4-11,14H,12H2,1-3H3,(H,21,23)/t14-/m1/s1. The normalized spacial score (nSPS) is 11.5. The van der Waals surface area contributed by atoms with Gasteiger partial charge in [-0.3, -0.25) is 9.59 Å². The number of halogens is 1. The Morgan fingerprint density at radius 2 is 1.92 bits per heavy atom. The Kier molecular flexibility index (Phi) is 6.42. The third-order valence-electron chi connectivity index (χ3n) is 3.56. The number of hydrogen-bond acceptors (Lipinski definition) is 3. The highest BCUT2D eigenvalue weighted by molar-refractivity contribution is 6.33. The Morgan fingerprint density at radius 3 is 2.60 bits per heavy atom. The Morgan fingerprint density at radius 1 is 1.20 bits per heavy atom. The van der Waals surface area contributed by atoms with Crippen molar-refractivity contribution in [3.8, 4) is 5.75 Å². The topological polar surface area (TPSA) is 58.6 Å². The average molecular weight is 361 g/mol. The molecule has 0 aliphatic rings. The molecule has 5 nitrogen and oxygen atoms in total. The molecule has 0 aliphatic heterocycles. The molecule has 0 aliphatic carbocycles. The van der Waals surface area contributed by atoms with Crippen LogP contribution in [0.3, 0.4) is 0 Å². The summed E-state index contributed by atoms with van der Waals surface area (Å²) in [5.41, 5.74) is 1.56. The van der Waals surface area contributed by atoms with Gasteiger partial charge in [-0.25, -0.2) is 0 Å². The van der Waals surface area contributed by atoms with Crippen molar-refractivity contribution in [1.29, 1.82) is 0 Å². The number of nitrogens with zero attached hydrogens (tertiary/aromatic N) is 1. The first-order valence-electron chi connectivity index (χ1n) is 7.89. The number of anilines is 1. The van der Waals surface area contributed by atoms with Crippen molar-refractivity contribution in [3.63, 3.8) is 0 Å². The minimum Gasteiger partial charge on any atom is -0.481 e. The van der Waals surface area contributed by atoms with E-state index in [1.807, 2.05) is 25.1 Å². The molecule has 0 heterocycles. The van der Waals surface area contributed by atoms with Crippen molar-refractivity contribution in [1.82, 2.24) is 4.90 Å². The first-order valence-corrected chi connectivity index (χ1v) is 8.27. The van der Waals surface area contributed by atoms with E-state index in [1.165, 1.54) is 4.90 Å². The lowest BCUT2D eigenvalue weighted by atomic mass is 10.2. The van der Waals surface area contributed by atoms with Crippen molar-refractivity contribution in [3.05, 3.63) is 59.1 Å². The van der Waals surface area contributed by atoms with E-state index in [4.69, 9.17) is 16.3 Å². The lowest BCUT2D eigenvalue weighted by molar-refractivity contribution is -0.139. The van der Waals surface area contributed by atoms with Crippen molar-refractivity contribution in [2.24, 2.45) is 0 Å². The van der Waals surface area contributed by atoms with Gasteiger partial charge in [-0.2, -0.15) is 0 Å². The highest BCUT2D eigenvalue weighted by Crippen LogP contribution is 2.20. The number of hydrogen-bond donors (Lipinski definition) is 1. The second-order valence-electron chi connectivity index (χ2n) is 5.80. The van der Waals surface area contributed by atoms with Gasteiger partial charge < -0.3 is 15.0 Å². The summed E-state index contributed by atoms with van der Waals surface area (Å²) in [6, 6.07) is 14.4. The van der Waals surface area contributed by atoms with Gasteiger partial charge >= 0.3 is 0 Å². The van der Waals surface area contributed by atoms with Crippen LogP contribution in [0.15, 0.2) is 48.5 Å². The van der Waals surface area contributed by atoms with E-state index in [9.17, 15) is 9.59 Å². The molecule has 2 aromatic rings. The lowest BCUT2D eigenvalue weighted by Gasteiger charge is -2.22. The number of aryl methyl sites for hydroxylation is 1. The molecule has 0 aromatic heterocycles. The summed E-state index contributed by atoms with van der Waals surface area (Å²) in [6.07, 6.45) is -0.695. The van der Waals surface area contributed by atoms with Crippen LogP contribution in [-0.2, 0) is 9.59 Å². The lowest BCUT2D eigenvalue weighted by Crippen LogP contribution is -2.42. The second-order valence-corrected chi connectivity index (χ2v) is 6.21. The van der Waals surface area contributed by atoms with Crippen LogP contribution in [0.1, 0.15) is 12.5 Å². The molecule has 1 N–H and O–H groups in total. The first kappa shape index (κ1) is 18.8. The second kappa shape index (κ2) is 8.53. The minimum atomic E-state index is -0.695. The number of carbonyl (C=O) groups is 2. The van der Waals surface area contributed by atoms with Crippen LogP contribution in [0.4, 0.5) is 5.69 Å². The maximum Gasteiger partial charge on any atom is 0.263 e. The van der Waals surface area contributed by atoms with Crippen LogP contribution in [0.2, 0.25) is 5.02 Å². The number of rotatable bonds is 6. The molecule has 2 rings (SSSR count). The number of carbonyl (C=O) groups excluding carboxylic acids is 2. The van der Waals surface area contributed by atoms with Gasteiger partial charge in [-0.05, 0) is 43.7 Å². The van der Waals surface area contributed by atoms with E-state index in [0.717, 1.165) is 5.56 Å². The average Bonchev–Trinajstić information content (AvgIpc) is 2.56. The van der Waals surface area contributed by atoms with Crippen LogP contribution in [0, 0.1) is 6.92 Å². The van der Waals surface area contributed by atoms with Gasteiger partial charge in [0.2, 0.25) is 5.91 Å². The summed E-state index contributed by atoms with van der Waals surface area (Å²) in [5.74, 6) is 0.0114. The van der Waals surface area contributed by atoms with E-state index in [2.05, 4.69) is 5.32 Å². The van der Waals surface area contributed by atoms with Crippen molar-refractivity contribution in [2.45, 2.75) is 20.0 Å². The summed E-state index contributed by atoms with van der Waals surface area (Å²) in [5, 5.41) is 3.13. The maximum atomic E-state index is 12.4. The summed E-state index contributed by atoms with van der Waals surface area (Å²) >= 11 is 6.01. The van der Waals surface area contributed by atoms with Gasteiger partial charge in [0.15, 0.2) is 6.10 Å². The quantitative estimate of drug-likeness (QED) is 0.857. The fraction of sp³-hybridized carbons (Fsp3) is 0.263. The van der Waals surface area contributed by atoms with E-state index in [0.29, 0.717) is 16.5 Å². The van der Waals surface area contributed by atoms with E-state index >= 15 is 0 Å². The molecule has 0 spiro atoms. The van der Waals surface area contributed by atoms with E-state index in [1.54, 1.807) is 44.3 Å². The first-order chi connectivity index (χ1) is 11.9. The number of nitrogens with one attached hydrogen (secondary N) is 1. The van der Waals surface area contributed by atoms with Crippen molar-refractivity contribution < 1.29 is 14.3 Å². The molecule has 2 amide bonds. The molecular weight excluding hydrogens is 340 g/mol. The minimum absolute atomic E-state index is 0.0917. The van der Waals surface area contributed by atoms with E-state index < -0.39 is 6.10 Å². The SMILES string of the molecule is Cc1cccc(O[C@H](C)C(=O)N(C)CC(=O)Nc2ccccc2Cl)c1. The summed E-state index contributed by atoms with van der Waals surface area (Å²) < 4.78 is 5.65. The molecule has 0 radical (unpaired) electrons. The molecule has 0 fully saturated rings. The van der Waals surface area contributed by atoms with Gasteiger partial charge in [0, 0.05) is 7.05 Å². The highest BCUT2D eigenvalue weighted by Gasteiger charge is 2.21.